The molecule has 4 nitrogen and oxygen atoms in total. The molecule has 198 valence electrons. The quantitative estimate of drug-likeness (QED) is 0.433. The summed E-state index contributed by atoms with van der Waals surface area (Å²) in [5.41, 5.74) is 1.08. The van der Waals surface area contributed by atoms with Crippen molar-refractivity contribution < 1.29 is 19.7 Å². The Hall–Kier alpha value is -0.870. The van der Waals surface area contributed by atoms with E-state index in [-0.39, 0.29) is 39.6 Å². The number of fused-ring (bicyclic) bond motifs is 7. The summed E-state index contributed by atoms with van der Waals surface area (Å²) in [6.07, 6.45) is 10.1. The lowest BCUT2D eigenvalue weighted by molar-refractivity contribution is -0.248. The second-order valence-electron chi connectivity index (χ2n) is 14.8. The van der Waals surface area contributed by atoms with Gasteiger partial charge in [-0.1, -0.05) is 41.2 Å². The van der Waals surface area contributed by atoms with E-state index in [4.69, 9.17) is 4.74 Å². The van der Waals surface area contributed by atoms with E-state index < -0.39 is 11.4 Å². The summed E-state index contributed by atoms with van der Waals surface area (Å²) in [6.45, 7) is 17.3. The van der Waals surface area contributed by atoms with Crippen molar-refractivity contribution in [2.24, 2.45) is 56.7 Å². The van der Waals surface area contributed by atoms with Gasteiger partial charge in [-0.2, -0.15) is 0 Å². The summed E-state index contributed by atoms with van der Waals surface area (Å²) >= 11 is 0. The predicted octanol–water partition coefficient (Wildman–Crippen LogP) is 6.72. The Balaban J connectivity index is 1.55. The minimum absolute atomic E-state index is 0.0362. The molecule has 5 aliphatic carbocycles. The van der Waals surface area contributed by atoms with Crippen LogP contribution in [0.25, 0.3) is 0 Å². The number of aliphatic hydroxyl groups is 1. The molecule has 4 unspecified atom stereocenters. The Morgan fingerprint density at radius 1 is 0.886 bits per heavy atom. The van der Waals surface area contributed by atoms with Gasteiger partial charge in [0.1, 0.15) is 0 Å². The lowest BCUT2D eigenvalue weighted by Crippen LogP contribution is -2.67. The van der Waals surface area contributed by atoms with Gasteiger partial charge in [0.15, 0.2) is 0 Å². The van der Waals surface area contributed by atoms with Gasteiger partial charge in [-0.05, 0) is 121 Å². The lowest BCUT2D eigenvalue weighted by Gasteiger charge is -2.72. The van der Waals surface area contributed by atoms with Gasteiger partial charge in [-0.25, -0.2) is 0 Å². The second-order valence-corrected chi connectivity index (χ2v) is 14.8. The van der Waals surface area contributed by atoms with Crippen molar-refractivity contribution in [1.82, 2.24) is 0 Å². The third-order valence-electron chi connectivity index (χ3n) is 13.7. The third-order valence-corrected chi connectivity index (χ3v) is 13.7. The number of hydrogen-bond acceptors (Lipinski definition) is 3. The summed E-state index contributed by atoms with van der Waals surface area (Å²) in [4.78, 5) is 12.9. The minimum atomic E-state index is -0.591. The van der Waals surface area contributed by atoms with Crippen LogP contribution in [0.5, 0.6) is 0 Å². The fourth-order valence-corrected chi connectivity index (χ4v) is 11.7. The highest BCUT2D eigenvalue weighted by Gasteiger charge is 2.72. The Morgan fingerprint density at radius 3 is 2.26 bits per heavy atom. The molecule has 10 atom stereocenters. The van der Waals surface area contributed by atoms with E-state index in [0.717, 1.165) is 50.5 Å². The summed E-state index contributed by atoms with van der Waals surface area (Å²) in [5.74, 6) is 1.49. The number of hydrogen-bond donors (Lipinski definition) is 2. The topological polar surface area (TPSA) is 66.8 Å². The van der Waals surface area contributed by atoms with Gasteiger partial charge in [-0.3, -0.25) is 4.79 Å². The Kier molecular flexibility index (Phi) is 5.94. The van der Waals surface area contributed by atoms with Gasteiger partial charge in [0.05, 0.1) is 18.1 Å². The van der Waals surface area contributed by atoms with Crippen LogP contribution in [0.2, 0.25) is 0 Å². The maximum Gasteiger partial charge on any atom is 0.309 e. The fraction of sp³-hybridized carbons (Fsp3) is 0.903. The van der Waals surface area contributed by atoms with E-state index >= 15 is 0 Å². The molecule has 5 aliphatic rings. The normalized spacial score (nSPS) is 52.5. The first kappa shape index (κ1) is 25.8. The molecule has 5 fully saturated rings. The van der Waals surface area contributed by atoms with Crippen LogP contribution in [0.15, 0.2) is 12.2 Å². The fourth-order valence-electron chi connectivity index (χ4n) is 11.7. The zero-order valence-corrected chi connectivity index (χ0v) is 23.2. The highest BCUT2D eigenvalue weighted by atomic mass is 16.5. The molecule has 0 saturated heterocycles. The average Bonchev–Trinajstić information content (AvgIpc) is 3.18. The first-order valence-electron chi connectivity index (χ1n) is 14.4. The molecule has 0 aromatic heterocycles. The SMILES string of the molecule is C=C(COC)[C@@H]1CC[C@]2(C(=O)O)CC[C@]3(C)C(CCC4[C@@]5(C)CC[C@H](O)C(C)(C)C5CC[C@]43C)C12. The van der Waals surface area contributed by atoms with E-state index in [1.807, 2.05) is 0 Å². The van der Waals surface area contributed by atoms with E-state index in [1.165, 1.54) is 19.3 Å². The maximum atomic E-state index is 12.9. The van der Waals surface area contributed by atoms with Crippen molar-refractivity contribution in [3.63, 3.8) is 0 Å². The first-order chi connectivity index (χ1) is 16.3. The molecule has 5 saturated carbocycles. The van der Waals surface area contributed by atoms with Crippen molar-refractivity contribution in [2.45, 2.75) is 105 Å². The number of carboxylic acid groups (broad SMARTS) is 1. The molecule has 0 aromatic carbocycles. The van der Waals surface area contributed by atoms with Crippen LogP contribution in [0.4, 0.5) is 0 Å². The van der Waals surface area contributed by atoms with E-state index in [2.05, 4.69) is 41.2 Å². The van der Waals surface area contributed by atoms with E-state index in [1.54, 1.807) is 7.11 Å². The molecule has 0 aromatic rings. The minimum Gasteiger partial charge on any atom is -0.481 e. The van der Waals surface area contributed by atoms with Crippen molar-refractivity contribution in [3.05, 3.63) is 12.2 Å². The smallest absolute Gasteiger partial charge is 0.309 e. The van der Waals surface area contributed by atoms with E-state index in [9.17, 15) is 15.0 Å². The van der Waals surface area contributed by atoms with Crippen LogP contribution in [-0.2, 0) is 9.53 Å². The lowest BCUT2D eigenvalue weighted by atomic mass is 9.32. The zero-order valence-electron chi connectivity index (χ0n) is 23.2. The number of aliphatic carboxylic acids is 1. The van der Waals surface area contributed by atoms with Crippen molar-refractivity contribution >= 4 is 5.97 Å². The predicted molar refractivity (Wildman–Crippen MR) is 139 cm³/mol. The maximum absolute atomic E-state index is 12.9. The van der Waals surface area contributed by atoms with Gasteiger partial charge in [-0.15, -0.1) is 0 Å². The van der Waals surface area contributed by atoms with Crippen LogP contribution >= 0.6 is 0 Å². The van der Waals surface area contributed by atoms with Crippen LogP contribution < -0.4 is 0 Å². The molecular weight excluding hydrogens is 436 g/mol. The molecule has 0 spiro atoms. The van der Waals surface area contributed by atoms with Crippen LogP contribution in [-0.4, -0.2) is 36.0 Å². The Labute approximate surface area is 213 Å². The third kappa shape index (κ3) is 3.14. The highest BCUT2D eigenvalue weighted by Crippen LogP contribution is 2.77. The summed E-state index contributed by atoms with van der Waals surface area (Å²) in [5, 5.41) is 21.5. The molecule has 0 bridgehead atoms. The number of carboxylic acids is 1. The number of methoxy groups -OCH3 is 1. The molecule has 0 amide bonds. The van der Waals surface area contributed by atoms with Gasteiger partial charge in [0.25, 0.3) is 0 Å². The van der Waals surface area contributed by atoms with Gasteiger partial charge >= 0.3 is 5.97 Å². The largest absolute Gasteiger partial charge is 0.481 e. The molecule has 5 rings (SSSR count). The van der Waals surface area contributed by atoms with Crippen LogP contribution in [0.1, 0.15) is 98.8 Å². The number of ether oxygens (including phenoxy) is 1. The van der Waals surface area contributed by atoms with Crippen LogP contribution in [0.3, 0.4) is 0 Å². The highest BCUT2D eigenvalue weighted by molar-refractivity contribution is 5.76. The number of aliphatic hydroxyl groups excluding tert-OH is 1. The van der Waals surface area contributed by atoms with Gasteiger partial charge < -0.3 is 14.9 Å². The van der Waals surface area contributed by atoms with Crippen molar-refractivity contribution in [2.75, 3.05) is 13.7 Å². The average molecular weight is 487 g/mol. The second kappa shape index (κ2) is 8.06. The molecule has 0 aliphatic heterocycles. The Bertz CT molecular complexity index is 894. The standard InChI is InChI=1S/C31H50O4/c1-19(18-35-7)20-10-15-31(26(33)34)17-16-29(5)21(25(20)31)8-9-23-28(4)13-12-24(32)27(2,3)22(28)11-14-30(23,29)6/h20-25,32H,1,8-18H2,2-7H3,(H,33,34)/t20-,21?,22?,23?,24-,25?,28-,29+,30+,31-/m0/s1. The van der Waals surface area contributed by atoms with Gasteiger partial charge in [0.2, 0.25) is 0 Å². The molecule has 2 N–H and O–H groups in total. The molecule has 4 heteroatoms. The van der Waals surface area contributed by atoms with Crippen LogP contribution in [0, 0.1) is 56.7 Å². The number of rotatable bonds is 4. The van der Waals surface area contributed by atoms with E-state index in [0.29, 0.717) is 24.4 Å². The molecule has 35 heavy (non-hydrogen) atoms. The monoisotopic (exact) mass is 486 g/mol. The summed E-state index contributed by atoms with van der Waals surface area (Å²) in [6, 6.07) is 0. The van der Waals surface area contributed by atoms with Crippen molar-refractivity contribution in [1.29, 1.82) is 0 Å². The summed E-state index contributed by atoms with van der Waals surface area (Å²) < 4.78 is 5.49. The van der Waals surface area contributed by atoms with Gasteiger partial charge in [0, 0.05) is 7.11 Å². The zero-order chi connectivity index (χ0) is 25.6. The molecule has 0 heterocycles. The molecule has 0 radical (unpaired) electrons. The molecular formula is C31H50O4. The Morgan fingerprint density at radius 2 is 1.60 bits per heavy atom. The number of carbonyl (C=O) groups is 1. The van der Waals surface area contributed by atoms with Crippen molar-refractivity contribution in [3.8, 4) is 0 Å². The summed E-state index contributed by atoms with van der Waals surface area (Å²) in [7, 11) is 1.73. The first-order valence-corrected chi connectivity index (χ1v) is 14.4.